The van der Waals surface area contributed by atoms with Crippen molar-refractivity contribution in [3.8, 4) is 0 Å². The Kier molecular flexibility index (Phi) is 6.42. The van der Waals surface area contributed by atoms with Crippen molar-refractivity contribution in [1.82, 2.24) is 10.2 Å². The fourth-order valence-corrected chi connectivity index (χ4v) is 3.46. The number of hydrogen-bond acceptors (Lipinski definition) is 2. The van der Waals surface area contributed by atoms with Crippen LogP contribution in [0.4, 0.5) is 0 Å². The van der Waals surface area contributed by atoms with Crippen molar-refractivity contribution < 1.29 is 9.59 Å². The molecule has 3 rings (SSSR count). The number of carbonyl (C=O) groups is 2. The van der Waals surface area contributed by atoms with E-state index >= 15 is 0 Å². The molecule has 2 aromatic carbocycles. The number of rotatable bonds is 6. The molecule has 2 amide bonds. The zero-order chi connectivity index (χ0) is 18.2. The zero-order valence-electron chi connectivity index (χ0n) is 15.1. The molecule has 26 heavy (non-hydrogen) atoms. The van der Waals surface area contributed by atoms with Crippen LogP contribution in [0.25, 0.3) is 0 Å². The first kappa shape index (κ1) is 18.2. The Morgan fingerprint density at radius 2 is 1.50 bits per heavy atom. The molecule has 4 heteroatoms. The smallest absolute Gasteiger partial charge is 0.254 e. The van der Waals surface area contributed by atoms with E-state index in [0.29, 0.717) is 12.1 Å². The van der Waals surface area contributed by atoms with Crippen molar-refractivity contribution in [2.75, 3.05) is 6.54 Å². The first-order valence-corrected chi connectivity index (χ1v) is 9.40. The van der Waals surface area contributed by atoms with Gasteiger partial charge in [-0.3, -0.25) is 9.59 Å². The predicted molar refractivity (Wildman–Crippen MR) is 103 cm³/mol. The lowest BCUT2D eigenvalue weighted by atomic mass is 9.95. The quantitative estimate of drug-likeness (QED) is 0.862. The standard InChI is InChI=1S/C22H26N2O2/c25-21(23-20-14-8-3-9-15-20)17-24(16-18-10-4-1-5-11-18)22(26)19-12-6-2-7-13-19/h1-2,4-7,10-13,20H,3,8-9,14-17H2,(H,23,25). The summed E-state index contributed by atoms with van der Waals surface area (Å²) in [5.74, 6) is -0.189. The van der Waals surface area contributed by atoms with Crippen LogP contribution in [0.2, 0.25) is 0 Å². The van der Waals surface area contributed by atoms with Gasteiger partial charge in [0.1, 0.15) is 6.54 Å². The van der Waals surface area contributed by atoms with Gasteiger partial charge < -0.3 is 10.2 Å². The van der Waals surface area contributed by atoms with E-state index in [2.05, 4.69) is 5.32 Å². The molecule has 0 heterocycles. The van der Waals surface area contributed by atoms with Crippen LogP contribution in [-0.2, 0) is 11.3 Å². The van der Waals surface area contributed by atoms with Crippen LogP contribution in [0.15, 0.2) is 60.7 Å². The van der Waals surface area contributed by atoms with Gasteiger partial charge in [0.25, 0.3) is 5.91 Å². The summed E-state index contributed by atoms with van der Waals surface area (Å²) in [6, 6.07) is 19.2. The molecule has 1 aliphatic carbocycles. The van der Waals surface area contributed by atoms with Crippen LogP contribution >= 0.6 is 0 Å². The average Bonchev–Trinajstić information content (AvgIpc) is 2.69. The van der Waals surface area contributed by atoms with E-state index in [-0.39, 0.29) is 24.4 Å². The Labute approximate surface area is 155 Å². The van der Waals surface area contributed by atoms with Crippen molar-refractivity contribution in [2.45, 2.75) is 44.7 Å². The van der Waals surface area contributed by atoms with Crippen LogP contribution in [0, 0.1) is 0 Å². The Bertz CT molecular complexity index is 709. The summed E-state index contributed by atoms with van der Waals surface area (Å²) < 4.78 is 0. The first-order chi connectivity index (χ1) is 12.7. The lowest BCUT2D eigenvalue weighted by Crippen LogP contribution is -2.44. The van der Waals surface area contributed by atoms with Gasteiger partial charge in [0.15, 0.2) is 0 Å². The van der Waals surface area contributed by atoms with Gasteiger partial charge in [0, 0.05) is 18.2 Å². The lowest BCUT2D eigenvalue weighted by Gasteiger charge is -2.26. The molecule has 0 unspecified atom stereocenters. The maximum absolute atomic E-state index is 12.9. The molecule has 2 aromatic rings. The van der Waals surface area contributed by atoms with Gasteiger partial charge in [-0.1, -0.05) is 67.8 Å². The summed E-state index contributed by atoms with van der Waals surface area (Å²) in [4.78, 5) is 27.1. The molecule has 4 nitrogen and oxygen atoms in total. The Balaban J connectivity index is 1.69. The third kappa shape index (κ3) is 5.19. The second kappa shape index (κ2) is 9.18. The summed E-state index contributed by atoms with van der Waals surface area (Å²) in [5.41, 5.74) is 1.62. The Hall–Kier alpha value is -2.62. The number of nitrogens with one attached hydrogen (secondary N) is 1. The molecule has 1 fully saturated rings. The van der Waals surface area contributed by atoms with Gasteiger partial charge in [-0.2, -0.15) is 0 Å². The topological polar surface area (TPSA) is 49.4 Å². The van der Waals surface area contributed by atoms with Crippen LogP contribution in [0.3, 0.4) is 0 Å². The number of benzene rings is 2. The normalized spacial score (nSPS) is 14.6. The van der Waals surface area contributed by atoms with Crippen LogP contribution in [0.1, 0.15) is 48.0 Å². The minimum absolute atomic E-state index is 0.0721. The van der Waals surface area contributed by atoms with Crippen molar-refractivity contribution in [1.29, 1.82) is 0 Å². The minimum atomic E-state index is -0.117. The molecule has 1 saturated carbocycles. The largest absolute Gasteiger partial charge is 0.352 e. The zero-order valence-corrected chi connectivity index (χ0v) is 15.1. The van der Waals surface area contributed by atoms with E-state index in [1.54, 1.807) is 17.0 Å². The van der Waals surface area contributed by atoms with Crippen molar-refractivity contribution >= 4 is 11.8 Å². The van der Waals surface area contributed by atoms with Crippen molar-refractivity contribution in [3.05, 3.63) is 71.8 Å². The molecule has 0 aliphatic heterocycles. The lowest BCUT2D eigenvalue weighted by molar-refractivity contribution is -0.122. The van der Waals surface area contributed by atoms with E-state index in [4.69, 9.17) is 0 Å². The molecule has 0 bridgehead atoms. The van der Waals surface area contributed by atoms with Crippen LogP contribution in [-0.4, -0.2) is 29.3 Å². The van der Waals surface area contributed by atoms with Crippen molar-refractivity contribution in [2.24, 2.45) is 0 Å². The summed E-state index contributed by atoms with van der Waals surface area (Å²) in [7, 11) is 0. The highest BCUT2D eigenvalue weighted by Crippen LogP contribution is 2.17. The Morgan fingerprint density at radius 1 is 0.885 bits per heavy atom. The molecule has 1 aliphatic rings. The van der Waals surface area contributed by atoms with Crippen LogP contribution in [0.5, 0.6) is 0 Å². The Morgan fingerprint density at radius 3 is 2.15 bits per heavy atom. The summed E-state index contributed by atoms with van der Waals surface area (Å²) in [5, 5.41) is 3.11. The number of nitrogens with zero attached hydrogens (tertiary/aromatic N) is 1. The van der Waals surface area contributed by atoms with E-state index in [1.165, 1.54) is 19.3 Å². The first-order valence-electron chi connectivity index (χ1n) is 9.40. The van der Waals surface area contributed by atoms with Gasteiger partial charge in [0.05, 0.1) is 0 Å². The van der Waals surface area contributed by atoms with Gasteiger partial charge in [-0.25, -0.2) is 0 Å². The highest BCUT2D eigenvalue weighted by atomic mass is 16.2. The molecule has 1 N–H and O–H groups in total. The maximum Gasteiger partial charge on any atom is 0.254 e. The van der Waals surface area contributed by atoms with Crippen LogP contribution < -0.4 is 5.32 Å². The fourth-order valence-electron chi connectivity index (χ4n) is 3.46. The SMILES string of the molecule is O=C(CN(Cc1ccccc1)C(=O)c1ccccc1)NC1CCCCC1. The molecule has 136 valence electrons. The monoisotopic (exact) mass is 350 g/mol. The molecule has 0 atom stereocenters. The van der Waals surface area contributed by atoms with Gasteiger partial charge >= 0.3 is 0 Å². The third-order valence-electron chi connectivity index (χ3n) is 4.83. The predicted octanol–water partition coefficient (Wildman–Crippen LogP) is 3.78. The van der Waals surface area contributed by atoms with E-state index in [0.717, 1.165) is 18.4 Å². The van der Waals surface area contributed by atoms with Gasteiger partial charge in [-0.15, -0.1) is 0 Å². The number of hydrogen-bond donors (Lipinski definition) is 1. The molecule has 0 aromatic heterocycles. The maximum atomic E-state index is 12.9. The molecular weight excluding hydrogens is 324 g/mol. The van der Waals surface area contributed by atoms with Gasteiger partial charge in [-0.05, 0) is 30.5 Å². The summed E-state index contributed by atoms with van der Waals surface area (Å²) >= 11 is 0. The fraction of sp³-hybridized carbons (Fsp3) is 0.364. The van der Waals surface area contributed by atoms with Crippen molar-refractivity contribution in [3.63, 3.8) is 0 Å². The highest BCUT2D eigenvalue weighted by molar-refractivity contribution is 5.96. The minimum Gasteiger partial charge on any atom is -0.352 e. The average molecular weight is 350 g/mol. The summed E-state index contributed by atoms with van der Waals surface area (Å²) in [6.07, 6.45) is 5.66. The van der Waals surface area contributed by atoms with Gasteiger partial charge in [0.2, 0.25) is 5.91 Å². The van der Waals surface area contributed by atoms with E-state index in [1.807, 2.05) is 48.5 Å². The molecule has 0 spiro atoms. The number of carbonyl (C=O) groups excluding carboxylic acids is 2. The third-order valence-corrected chi connectivity index (χ3v) is 4.83. The molecular formula is C22H26N2O2. The van der Waals surface area contributed by atoms with E-state index < -0.39 is 0 Å². The van der Waals surface area contributed by atoms with E-state index in [9.17, 15) is 9.59 Å². The summed E-state index contributed by atoms with van der Waals surface area (Å²) in [6.45, 7) is 0.506. The molecule has 0 radical (unpaired) electrons. The second-order valence-corrected chi connectivity index (χ2v) is 6.92. The highest BCUT2D eigenvalue weighted by Gasteiger charge is 2.21. The second-order valence-electron chi connectivity index (χ2n) is 6.92. The number of amides is 2. The molecule has 0 saturated heterocycles.